The van der Waals surface area contributed by atoms with Gasteiger partial charge in [0.2, 0.25) is 11.8 Å². The molecule has 0 aromatic heterocycles. The Morgan fingerprint density at radius 3 is 2.53 bits per heavy atom. The Morgan fingerprint density at radius 1 is 1.07 bits per heavy atom. The summed E-state index contributed by atoms with van der Waals surface area (Å²) < 4.78 is 28.5. The molecule has 0 radical (unpaired) electrons. The van der Waals surface area contributed by atoms with Gasteiger partial charge in [-0.15, -0.1) is 0 Å². The molecule has 2 rings (SSSR count). The second-order valence-corrected chi connectivity index (χ2v) is 5.77. The van der Waals surface area contributed by atoms with E-state index < -0.39 is 30.0 Å². The number of carbonyl (C=O) groups is 3. The first-order valence-electron chi connectivity index (χ1n) is 8.67. The maximum atomic E-state index is 13.5. The number of benzene rings is 2. The molecule has 0 bridgehead atoms. The van der Waals surface area contributed by atoms with Gasteiger partial charge in [0.15, 0.2) is 18.1 Å². The molecule has 0 heterocycles. The Morgan fingerprint density at radius 2 is 1.83 bits per heavy atom. The van der Waals surface area contributed by atoms with Crippen molar-refractivity contribution in [3.63, 3.8) is 0 Å². The fourth-order valence-electron chi connectivity index (χ4n) is 2.20. The van der Waals surface area contributed by atoms with E-state index in [-0.39, 0.29) is 12.3 Å². The van der Waals surface area contributed by atoms with E-state index in [1.54, 1.807) is 24.3 Å². The minimum atomic E-state index is -0.679. The number of hydrogen-bond acceptors (Lipinski definition) is 7. The van der Waals surface area contributed by atoms with E-state index in [1.165, 1.54) is 38.6 Å². The highest BCUT2D eigenvalue weighted by Gasteiger charge is 2.11. The molecule has 0 atom stereocenters. The van der Waals surface area contributed by atoms with Crippen LogP contribution in [0.25, 0.3) is 0 Å². The molecular weight excluding hydrogens is 397 g/mol. The first-order valence-corrected chi connectivity index (χ1v) is 8.67. The van der Waals surface area contributed by atoms with Gasteiger partial charge in [0.05, 0.1) is 26.1 Å². The number of esters is 1. The molecular formula is C20H20FN3O6. The number of ether oxygens (including phenoxy) is 3. The van der Waals surface area contributed by atoms with E-state index in [0.717, 1.165) is 0 Å². The first-order chi connectivity index (χ1) is 14.4. The fraction of sp³-hybridized carbons (Fsp3) is 0.200. The van der Waals surface area contributed by atoms with Crippen molar-refractivity contribution < 1.29 is 33.0 Å². The molecule has 30 heavy (non-hydrogen) atoms. The molecule has 0 spiro atoms. The minimum absolute atomic E-state index is 0.0135. The van der Waals surface area contributed by atoms with E-state index in [9.17, 15) is 18.8 Å². The number of hydrogen-bond donors (Lipinski definition) is 2. The Kier molecular flexibility index (Phi) is 8.30. The van der Waals surface area contributed by atoms with Gasteiger partial charge in [0, 0.05) is 0 Å². The maximum Gasteiger partial charge on any atom is 0.343 e. The number of rotatable bonds is 9. The van der Waals surface area contributed by atoms with Gasteiger partial charge < -0.3 is 19.5 Å². The van der Waals surface area contributed by atoms with Crippen LogP contribution in [0.2, 0.25) is 0 Å². The number of methoxy groups -OCH3 is 2. The van der Waals surface area contributed by atoms with Crippen molar-refractivity contribution in [1.82, 2.24) is 5.43 Å². The van der Waals surface area contributed by atoms with Crippen molar-refractivity contribution >= 4 is 29.7 Å². The lowest BCUT2D eigenvalue weighted by molar-refractivity contribution is -0.143. The smallest absolute Gasteiger partial charge is 0.343 e. The highest BCUT2D eigenvalue weighted by Crippen LogP contribution is 2.27. The molecule has 0 fully saturated rings. The largest absolute Gasteiger partial charge is 0.493 e. The van der Waals surface area contributed by atoms with Gasteiger partial charge in [-0.2, -0.15) is 5.10 Å². The predicted octanol–water partition coefficient (Wildman–Crippen LogP) is 1.86. The standard InChI is InChI=1S/C20H20FN3O6/c1-28-17-9-13(7-8-16(17)30-12-20(27)29-2)11-22-24-19(26)10-18(25)23-15-6-4-3-5-14(15)21/h3-9,11H,10,12H2,1-2H3,(H,23,25)(H,24,26). The predicted molar refractivity (Wildman–Crippen MR) is 106 cm³/mol. The number of carbonyl (C=O) groups excluding carboxylic acids is 3. The molecule has 0 unspecified atom stereocenters. The Hall–Kier alpha value is -3.95. The average molecular weight is 417 g/mol. The van der Waals surface area contributed by atoms with Crippen molar-refractivity contribution in [2.24, 2.45) is 5.10 Å². The zero-order valence-electron chi connectivity index (χ0n) is 16.3. The minimum Gasteiger partial charge on any atom is -0.493 e. The number of anilines is 1. The quantitative estimate of drug-likeness (QED) is 0.279. The summed E-state index contributed by atoms with van der Waals surface area (Å²) in [6.07, 6.45) is 0.800. The number of hydrazone groups is 1. The van der Waals surface area contributed by atoms with Crippen LogP contribution in [-0.2, 0) is 19.1 Å². The molecule has 10 heteroatoms. The highest BCUT2D eigenvalue weighted by molar-refractivity contribution is 6.03. The van der Waals surface area contributed by atoms with Crippen LogP contribution in [0, 0.1) is 5.82 Å². The average Bonchev–Trinajstić information content (AvgIpc) is 2.73. The number of nitrogens with zero attached hydrogens (tertiary/aromatic N) is 1. The molecule has 9 nitrogen and oxygen atoms in total. The van der Waals surface area contributed by atoms with Crippen molar-refractivity contribution in [2.75, 3.05) is 26.1 Å². The van der Waals surface area contributed by atoms with E-state index in [0.29, 0.717) is 17.1 Å². The van der Waals surface area contributed by atoms with Crippen molar-refractivity contribution in [3.05, 3.63) is 53.8 Å². The lowest BCUT2D eigenvalue weighted by Gasteiger charge is -2.10. The van der Waals surface area contributed by atoms with Crippen LogP contribution >= 0.6 is 0 Å². The summed E-state index contributed by atoms with van der Waals surface area (Å²) in [5.74, 6) is -1.82. The number of nitrogens with one attached hydrogen (secondary N) is 2. The summed E-state index contributed by atoms with van der Waals surface area (Å²) in [7, 11) is 2.68. The third kappa shape index (κ3) is 6.89. The molecule has 2 amide bonds. The summed E-state index contributed by atoms with van der Waals surface area (Å²) in [5.41, 5.74) is 2.75. The van der Waals surface area contributed by atoms with Crippen LogP contribution in [0.4, 0.5) is 10.1 Å². The van der Waals surface area contributed by atoms with Gasteiger partial charge in [0.1, 0.15) is 12.2 Å². The van der Waals surface area contributed by atoms with Crippen LogP contribution in [0.1, 0.15) is 12.0 Å². The summed E-state index contributed by atoms with van der Waals surface area (Å²) >= 11 is 0. The first kappa shape index (κ1) is 22.3. The Labute approximate surface area is 171 Å². The van der Waals surface area contributed by atoms with Gasteiger partial charge >= 0.3 is 5.97 Å². The normalized spacial score (nSPS) is 10.4. The summed E-state index contributed by atoms with van der Waals surface area (Å²) in [5, 5.41) is 6.07. The topological polar surface area (TPSA) is 115 Å². The highest BCUT2D eigenvalue weighted by atomic mass is 19.1. The van der Waals surface area contributed by atoms with Gasteiger partial charge in [-0.3, -0.25) is 9.59 Å². The van der Waals surface area contributed by atoms with E-state index in [1.807, 2.05) is 0 Å². The second-order valence-electron chi connectivity index (χ2n) is 5.77. The number of halogens is 1. The van der Waals surface area contributed by atoms with E-state index in [4.69, 9.17) is 9.47 Å². The van der Waals surface area contributed by atoms with Crippen molar-refractivity contribution in [2.45, 2.75) is 6.42 Å². The van der Waals surface area contributed by atoms with Crippen LogP contribution < -0.4 is 20.2 Å². The molecule has 2 aromatic rings. The zero-order valence-corrected chi connectivity index (χ0v) is 16.3. The summed E-state index contributed by atoms with van der Waals surface area (Å²) in [6, 6.07) is 10.4. The third-order valence-electron chi connectivity index (χ3n) is 3.63. The van der Waals surface area contributed by atoms with Gasteiger partial charge in [-0.1, -0.05) is 12.1 Å². The van der Waals surface area contributed by atoms with E-state index in [2.05, 4.69) is 20.6 Å². The zero-order chi connectivity index (χ0) is 21.9. The van der Waals surface area contributed by atoms with E-state index >= 15 is 0 Å². The number of para-hydroxylation sites is 1. The van der Waals surface area contributed by atoms with Crippen LogP contribution in [0.3, 0.4) is 0 Å². The van der Waals surface area contributed by atoms with Crippen molar-refractivity contribution in [3.8, 4) is 11.5 Å². The Balaban J connectivity index is 1.88. The SMILES string of the molecule is COC(=O)COc1ccc(C=NNC(=O)CC(=O)Nc2ccccc2F)cc1OC. The van der Waals surface area contributed by atoms with Crippen molar-refractivity contribution in [1.29, 1.82) is 0 Å². The molecule has 0 aliphatic heterocycles. The van der Waals surface area contributed by atoms with Gasteiger partial charge in [-0.25, -0.2) is 14.6 Å². The molecule has 2 N–H and O–H groups in total. The molecule has 0 saturated heterocycles. The molecule has 0 aliphatic rings. The summed E-state index contributed by atoms with van der Waals surface area (Å²) in [4.78, 5) is 34.8. The van der Waals surface area contributed by atoms with Crippen LogP contribution in [0.15, 0.2) is 47.6 Å². The summed E-state index contributed by atoms with van der Waals surface area (Å²) in [6.45, 7) is -0.273. The van der Waals surface area contributed by atoms with Crippen LogP contribution in [0.5, 0.6) is 11.5 Å². The number of amides is 2. The third-order valence-corrected chi connectivity index (χ3v) is 3.63. The lowest BCUT2D eigenvalue weighted by Crippen LogP contribution is -2.24. The lowest BCUT2D eigenvalue weighted by atomic mass is 10.2. The van der Waals surface area contributed by atoms with Crippen LogP contribution in [-0.4, -0.2) is 44.8 Å². The van der Waals surface area contributed by atoms with Gasteiger partial charge in [0.25, 0.3) is 0 Å². The molecule has 158 valence electrons. The Bertz CT molecular complexity index is 948. The monoisotopic (exact) mass is 417 g/mol. The second kappa shape index (κ2) is 11.1. The van der Waals surface area contributed by atoms with Gasteiger partial charge in [-0.05, 0) is 35.9 Å². The molecule has 0 aliphatic carbocycles. The fourth-order valence-corrected chi connectivity index (χ4v) is 2.20. The maximum absolute atomic E-state index is 13.5. The molecule has 0 saturated carbocycles. The molecule has 2 aromatic carbocycles.